The summed E-state index contributed by atoms with van der Waals surface area (Å²) in [5, 5.41) is 10.2. The second-order valence-electron chi connectivity index (χ2n) is 3.08. The molecule has 2 heterocycles. The molecule has 2 rings (SSSR count). The van der Waals surface area contributed by atoms with E-state index in [1.165, 1.54) is 0 Å². The smallest absolute Gasteiger partial charge is 0.212 e. The van der Waals surface area contributed by atoms with Crippen LogP contribution in [0.2, 0.25) is 0 Å². The Morgan fingerprint density at radius 2 is 2.40 bits per heavy atom. The molecule has 0 aliphatic carbocycles. The number of rotatable bonds is 5. The molecule has 0 aliphatic heterocycles. The molecule has 0 amide bonds. The lowest BCUT2D eigenvalue weighted by Crippen LogP contribution is -2.17. The van der Waals surface area contributed by atoms with Gasteiger partial charge in [-0.2, -0.15) is 9.78 Å². The lowest BCUT2D eigenvalue weighted by molar-refractivity contribution is 0.632. The molecule has 0 aromatic carbocycles. The van der Waals surface area contributed by atoms with Gasteiger partial charge < -0.3 is 5.32 Å². The van der Waals surface area contributed by atoms with Gasteiger partial charge in [-0.25, -0.2) is 9.97 Å². The summed E-state index contributed by atoms with van der Waals surface area (Å²) >= 11 is 1.56. The van der Waals surface area contributed by atoms with Gasteiger partial charge in [-0.1, -0.05) is 6.92 Å². The molecule has 2 aromatic heterocycles. The first-order valence-electron chi connectivity index (χ1n) is 4.91. The summed E-state index contributed by atoms with van der Waals surface area (Å²) in [6.07, 6.45) is 4.45. The molecule has 0 spiro atoms. The molecular weight excluding hydrogens is 210 g/mol. The first kappa shape index (κ1) is 10.3. The van der Waals surface area contributed by atoms with Crippen LogP contribution in [-0.2, 0) is 6.54 Å². The number of hydrogen-bond acceptors (Lipinski definition) is 5. The Bertz CT molecular complexity index is 394. The SMILES string of the molecule is CCCNCc1ncnn1-c1nccs1. The highest BCUT2D eigenvalue weighted by Crippen LogP contribution is 2.10. The summed E-state index contributed by atoms with van der Waals surface area (Å²) in [6.45, 7) is 3.86. The summed E-state index contributed by atoms with van der Waals surface area (Å²) < 4.78 is 1.77. The minimum absolute atomic E-state index is 0.730. The summed E-state index contributed by atoms with van der Waals surface area (Å²) in [5.41, 5.74) is 0. The molecule has 0 atom stereocenters. The molecule has 0 radical (unpaired) electrons. The Balaban J connectivity index is 2.09. The van der Waals surface area contributed by atoms with Gasteiger partial charge in [-0.3, -0.25) is 0 Å². The lowest BCUT2D eigenvalue weighted by atomic mass is 10.4. The van der Waals surface area contributed by atoms with E-state index < -0.39 is 0 Å². The van der Waals surface area contributed by atoms with Crippen molar-refractivity contribution in [2.24, 2.45) is 0 Å². The van der Waals surface area contributed by atoms with E-state index in [0.717, 1.165) is 30.5 Å². The van der Waals surface area contributed by atoms with E-state index in [-0.39, 0.29) is 0 Å². The normalized spacial score (nSPS) is 10.7. The van der Waals surface area contributed by atoms with Crippen molar-refractivity contribution in [3.8, 4) is 5.13 Å². The summed E-state index contributed by atoms with van der Waals surface area (Å²) in [5.74, 6) is 0.901. The molecule has 15 heavy (non-hydrogen) atoms. The van der Waals surface area contributed by atoms with Crippen LogP contribution in [0.4, 0.5) is 0 Å². The zero-order valence-electron chi connectivity index (χ0n) is 8.55. The highest BCUT2D eigenvalue weighted by Gasteiger charge is 2.07. The maximum Gasteiger partial charge on any atom is 0.212 e. The van der Waals surface area contributed by atoms with Gasteiger partial charge in [0.1, 0.15) is 12.2 Å². The summed E-state index contributed by atoms with van der Waals surface area (Å²) in [4.78, 5) is 8.40. The Morgan fingerprint density at radius 3 is 3.13 bits per heavy atom. The average molecular weight is 223 g/mol. The Kier molecular flexibility index (Phi) is 3.41. The van der Waals surface area contributed by atoms with Crippen molar-refractivity contribution in [2.45, 2.75) is 19.9 Å². The zero-order valence-corrected chi connectivity index (χ0v) is 9.37. The van der Waals surface area contributed by atoms with Crippen LogP contribution in [-0.4, -0.2) is 26.3 Å². The molecule has 6 heteroatoms. The van der Waals surface area contributed by atoms with Crippen molar-refractivity contribution >= 4 is 11.3 Å². The van der Waals surface area contributed by atoms with Crippen LogP contribution in [0.1, 0.15) is 19.2 Å². The van der Waals surface area contributed by atoms with Crippen LogP contribution < -0.4 is 5.32 Å². The topological polar surface area (TPSA) is 55.6 Å². The highest BCUT2D eigenvalue weighted by atomic mass is 32.1. The third-order valence-corrected chi connectivity index (χ3v) is 2.68. The fraction of sp³-hybridized carbons (Fsp3) is 0.444. The summed E-state index contributed by atoms with van der Waals surface area (Å²) in [7, 11) is 0. The standard InChI is InChI=1S/C9H13N5S/c1-2-3-10-6-8-12-7-13-14(8)9-11-4-5-15-9/h4-5,7,10H,2-3,6H2,1H3. The minimum Gasteiger partial charge on any atom is -0.310 e. The van der Waals surface area contributed by atoms with Crippen molar-refractivity contribution < 1.29 is 0 Å². The third kappa shape index (κ3) is 2.40. The molecule has 0 bridgehead atoms. The van der Waals surface area contributed by atoms with Crippen LogP contribution in [0.25, 0.3) is 5.13 Å². The molecule has 80 valence electrons. The van der Waals surface area contributed by atoms with Crippen LogP contribution >= 0.6 is 11.3 Å². The molecular formula is C9H13N5S. The van der Waals surface area contributed by atoms with Gasteiger partial charge in [0.25, 0.3) is 0 Å². The number of aromatic nitrogens is 4. The largest absolute Gasteiger partial charge is 0.310 e. The maximum absolute atomic E-state index is 4.20. The predicted molar refractivity (Wildman–Crippen MR) is 59.0 cm³/mol. The number of thiazole rings is 1. The quantitative estimate of drug-likeness (QED) is 0.774. The average Bonchev–Trinajstić information content (AvgIpc) is 2.87. The molecule has 5 nitrogen and oxygen atoms in total. The maximum atomic E-state index is 4.20. The van der Waals surface area contributed by atoms with Gasteiger partial charge in [-0.15, -0.1) is 11.3 Å². The Labute approximate surface area is 92.2 Å². The fourth-order valence-electron chi connectivity index (χ4n) is 1.24. The predicted octanol–water partition coefficient (Wildman–Crippen LogP) is 1.22. The monoisotopic (exact) mass is 223 g/mol. The van der Waals surface area contributed by atoms with E-state index in [4.69, 9.17) is 0 Å². The molecule has 0 aliphatic rings. The molecule has 2 aromatic rings. The van der Waals surface area contributed by atoms with E-state index in [2.05, 4.69) is 27.3 Å². The minimum atomic E-state index is 0.730. The van der Waals surface area contributed by atoms with Gasteiger partial charge in [0.15, 0.2) is 0 Å². The molecule has 0 saturated heterocycles. The molecule has 0 unspecified atom stereocenters. The Hall–Kier alpha value is -1.27. The van der Waals surface area contributed by atoms with Crippen molar-refractivity contribution in [3.63, 3.8) is 0 Å². The van der Waals surface area contributed by atoms with E-state index in [9.17, 15) is 0 Å². The van der Waals surface area contributed by atoms with Crippen molar-refractivity contribution in [1.29, 1.82) is 0 Å². The van der Waals surface area contributed by atoms with E-state index in [1.807, 2.05) is 5.38 Å². The van der Waals surface area contributed by atoms with Crippen LogP contribution in [0.15, 0.2) is 17.9 Å². The Morgan fingerprint density at radius 1 is 1.47 bits per heavy atom. The van der Waals surface area contributed by atoms with Crippen LogP contribution in [0, 0.1) is 0 Å². The van der Waals surface area contributed by atoms with E-state index >= 15 is 0 Å². The van der Waals surface area contributed by atoms with Crippen molar-refractivity contribution in [3.05, 3.63) is 23.7 Å². The fourth-order valence-corrected chi connectivity index (χ4v) is 1.86. The zero-order chi connectivity index (χ0) is 10.5. The molecule has 0 saturated carbocycles. The van der Waals surface area contributed by atoms with Crippen LogP contribution in [0.5, 0.6) is 0 Å². The second kappa shape index (κ2) is 4.99. The highest BCUT2D eigenvalue weighted by molar-refractivity contribution is 7.12. The lowest BCUT2D eigenvalue weighted by Gasteiger charge is -2.03. The van der Waals surface area contributed by atoms with Gasteiger partial charge in [0.2, 0.25) is 5.13 Å². The van der Waals surface area contributed by atoms with Gasteiger partial charge in [0, 0.05) is 11.6 Å². The third-order valence-electron chi connectivity index (χ3n) is 1.93. The molecule has 1 N–H and O–H groups in total. The second-order valence-corrected chi connectivity index (χ2v) is 3.95. The number of nitrogens with one attached hydrogen (secondary N) is 1. The van der Waals surface area contributed by atoms with Crippen molar-refractivity contribution in [1.82, 2.24) is 25.1 Å². The van der Waals surface area contributed by atoms with Crippen molar-refractivity contribution in [2.75, 3.05) is 6.54 Å². The van der Waals surface area contributed by atoms with Gasteiger partial charge in [-0.05, 0) is 13.0 Å². The van der Waals surface area contributed by atoms with Gasteiger partial charge >= 0.3 is 0 Å². The first-order valence-corrected chi connectivity index (χ1v) is 5.79. The number of nitrogens with zero attached hydrogens (tertiary/aromatic N) is 4. The first-order chi connectivity index (χ1) is 7.42. The van der Waals surface area contributed by atoms with Gasteiger partial charge in [0.05, 0.1) is 6.54 Å². The number of hydrogen-bond donors (Lipinski definition) is 1. The van der Waals surface area contributed by atoms with E-state index in [1.54, 1.807) is 28.5 Å². The van der Waals surface area contributed by atoms with E-state index in [0.29, 0.717) is 0 Å². The molecule has 0 fully saturated rings. The summed E-state index contributed by atoms with van der Waals surface area (Å²) in [6, 6.07) is 0. The van der Waals surface area contributed by atoms with Crippen LogP contribution in [0.3, 0.4) is 0 Å².